The summed E-state index contributed by atoms with van der Waals surface area (Å²) in [7, 11) is 1.85. The Kier molecular flexibility index (Phi) is 10.0. The van der Waals surface area contributed by atoms with E-state index in [2.05, 4.69) is 45.0 Å². The summed E-state index contributed by atoms with van der Waals surface area (Å²) in [5.41, 5.74) is 0. The summed E-state index contributed by atoms with van der Waals surface area (Å²) < 4.78 is 5.56. The molecule has 1 aliphatic rings. The second kappa shape index (κ2) is 11.5. The molecule has 0 spiro atoms. The highest BCUT2D eigenvalue weighted by Crippen LogP contribution is 2.12. The molecule has 1 N–H and O–H groups in total. The fraction of sp³-hybridized carbons (Fsp3) is 0.647. The molecule has 1 fully saturated rings. The van der Waals surface area contributed by atoms with Crippen molar-refractivity contribution < 1.29 is 4.74 Å². The number of aliphatic imine (C=N–C) groups is 1. The van der Waals surface area contributed by atoms with Gasteiger partial charge in [-0.3, -0.25) is 4.99 Å². The predicted octanol–water partition coefficient (Wildman–Crippen LogP) is 2.21. The summed E-state index contributed by atoms with van der Waals surface area (Å²) in [5.74, 6) is 2.04. The number of anilines is 1. The van der Waals surface area contributed by atoms with E-state index in [0.717, 1.165) is 57.5 Å². The molecule has 0 bridgehead atoms. The molecule has 6 nitrogen and oxygen atoms in total. The molecule has 0 saturated carbocycles. The van der Waals surface area contributed by atoms with Crippen LogP contribution < -0.4 is 10.2 Å². The van der Waals surface area contributed by atoms with Crippen LogP contribution in [0.2, 0.25) is 0 Å². The SMILES string of the molecule is CN=C(NCCCOC(C)C)N1CCN(c2ccccn2)CC1.I. The van der Waals surface area contributed by atoms with Gasteiger partial charge in [0.05, 0.1) is 6.10 Å². The van der Waals surface area contributed by atoms with E-state index in [0.29, 0.717) is 6.10 Å². The van der Waals surface area contributed by atoms with E-state index in [9.17, 15) is 0 Å². The van der Waals surface area contributed by atoms with Crippen molar-refractivity contribution in [2.45, 2.75) is 26.4 Å². The Labute approximate surface area is 162 Å². The van der Waals surface area contributed by atoms with Gasteiger partial charge in [0.1, 0.15) is 5.82 Å². The van der Waals surface area contributed by atoms with Gasteiger partial charge < -0.3 is 19.9 Å². The number of hydrogen-bond acceptors (Lipinski definition) is 4. The van der Waals surface area contributed by atoms with Crippen LogP contribution in [-0.2, 0) is 4.74 Å². The van der Waals surface area contributed by atoms with E-state index in [1.165, 1.54) is 0 Å². The van der Waals surface area contributed by atoms with E-state index in [4.69, 9.17) is 4.74 Å². The Morgan fingerprint density at radius 2 is 2.04 bits per heavy atom. The third-order valence-electron chi connectivity index (χ3n) is 3.82. The zero-order valence-corrected chi connectivity index (χ0v) is 17.3. The largest absolute Gasteiger partial charge is 0.379 e. The Morgan fingerprint density at radius 1 is 1.29 bits per heavy atom. The lowest BCUT2D eigenvalue weighted by Gasteiger charge is -2.37. The summed E-state index contributed by atoms with van der Waals surface area (Å²) in [4.78, 5) is 13.5. The third-order valence-corrected chi connectivity index (χ3v) is 3.82. The molecule has 1 aromatic rings. The Bertz CT molecular complexity index is 475. The molecule has 7 heteroatoms. The second-order valence-electron chi connectivity index (χ2n) is 5.91. The van der Waals surface area contributed by atoms with Gasteiger partial charge in [0.2, 0.25) is 0 Å². The van der Waals surface area contributed by atoms with Crippen LogP contribution in [0, 0.1) is 0 Å². The number of halogens is 1. The molecule has 0 aliphatic carbocycles. The first-order chi connectivity index (χ1) is 11.2. The average Bonchev–Trinajstić information content (AvgIpc) is 2.59. The number of piperazine rings is 1. The lowest BCUT2D eigenvalue weighted by Crippen LogP contribution is -2.52. The highest BCUT2D eigenvalue weighted by atomic mass is 127. The Hall–Kier alpha value is -1.09. The van der Waals surface area contributed by atoms with Crippen molar-refractivity contribution >= 4 is 35.8 Å². The van der Waals surface area contributed by atoms with Crippen LogP contribution in [-0.4, -0.2) is 68.3 Å². The Balaban J connectivity index is 0.00000288. The van der Waals surface area contributed by atoms with Gasteiger partial charge in [-0.15, -0.1) is 24.0 Å². The van der Waals surface area contributed by atoms with E-state index in [1.54, 1.807) is 0 Å². The van der Waals surface area contributed by atoms with Gasteiger partial charge >= 0.3 is 0 Å². The minimum atomic E-state index is 0. The van der Waals surface area contributed by atoms with Crippen molar-refractivity contribution in [2.75, 3.05) is 51.3 Å². The summed E-state index contributed by atoms with van der Waals surface area (Å²) in [6.45, 7) is 9.65. The van der Waals surface area contributed by atoms with Gasteiger partial charge in [0.25, 0.3) is 0 Å². The van der Waals surface area contributed by atoms with Crippen LogP contribution in [0.5, 0.6) is 0 Å². The van der Waals surface area contributed by atoms with Crippen molar-refractivity contribution in [1.29, 1.82) is 0 Å². The van der Waals surface area contributed by atoms with Crippen molar-refractivity contribution in [3.8, 4) is 0 Å². The molecule has 1 aliphatic heterocycles. The fourth-order valence-electron chi connectivity index (χ4n) is 2.61. The quantitative estimate of drug-likeness (QED) is 0.314. The maximum absolute atomic E-state index is 5.56. The first kappa shape index (κ1) is 21.0. The molecule has 0 amide bonds. The van der Waals surface area contributed by atoms with Crippen molar-refractivity contribution in [3.63, 3.8) is 0 Å². The standard InChI is InChI=1S/C17H29N5O.HI/c1-15(2)23-14-6-9-20-17(18-3)22-12-10-21(11-13-22)16-7-4-5-8-19-16;/h4-5,7-8,15H,6,9-14H2,1-3H3,(H,18,20);1H. The zero-order valence-electron chi connectivity index (χ0n) is 14.9. The van der Waals surface area contributed by atoms with Gasteiger partial charge in [-0.1, -0.05) is 6.07 Å². The maximum atomic E-state index is 5.56. The average molecular weight is 447 g/mol. The molecule has 2 rings (SSSR count). The van der Waals surface area contributed by atoms with Crippen LogP contribution in [0.3, 0.4) is 0 Å². The van der Waals surface area contributed by atoms with Gasteiger partial charge in [-0.25, -0.2) is 4.98 Å². The number of hydrogen-bond donors (Lipinski definition) is 1. The van der Waals surface area contributed by atoms with Crippen LogP contribution in [0.1, 0.15) is 20.3 Å². The molecular formula is C17H30IN5O. The molecule has 1 saturated heterocycles. The number of nitrogens with one attached hydrogen (secondary N) is 1. The van der Waals surface area contributed by atoms with Gasteiger partial charge in [0, 0.05) is 52.6 Å². The summed E-state index contributed by atoms with van der Waals surface area (Å²) >= 11 is 0. The van der Waals surface area contributed by atoms with E-state index in [1.807, 2.05) is 25.4 Å². The maximum Gasteiger partial charge on any atom is 0.193 e. The molecule has 0 unspecified atom stereocenters. The lowest BCUT2D eigenvalue weighted by atomic mass is 10.3. The topological polar surface area (TPSA) is 53.0 Å². The molecule has 0 aromatic carbocycles. The van der Waals surface area contributed by atoms with Crippen LogP contribution in [0.4, 0.5) is 5.82 Å². The number of ether oxygens (including phenoxy) is 1. The zero-order chi connectivity index (χ0) is 16.5. The smallest absolute Gasteiger partial charge is 0.193 e. The summed E-state index contributed by atoms with van der Waals surface area (Å²) in [6, 6.07) is 6.06. The van der Waals surface area contributed by atoms with Crippen molar-refractivity contribution in [1.82, 2.24) is 15.2 Å². The summed E-state index contributed by atoms with van der Waals surface area (Å²) in [6.07, 6.45) is 3.14. The van der Waals surface area contributed by atoms with Crippen molar-refractivity contribution in [2.24, 2.45) is 4.99 Å². The van der Waals surface area contributed by atoms with E-state index < -0.39 is 0 Å². The Morgan fingerprint density at radius 3 is 2.62 bits per heavy atom. The minimum Gasteiger partial charge on any atom is -0.379 e. The third kappa shape index (κ3) is 6.80. The number of guanidine groups is 1. The lowest BCUT2D eigenvalue weighted by molar-refractivity contribution is 0.0775. The number of pyridine rings is 1. The van der Waals surface area contributed by atoms with Crippen molar-refractivity contribution in [3.05, 3.63) is 24.4 Å². The molecule has 0 atom stereocenters. The molecule has 24 heavy (non-hydrogen) atoms. The number of nitrogens with zero attached hydrogens (tertiary/aromatic N) is 4. The van der Waals surface area contributed by atoms with Crippen LogP contribution in [0.15, 0.2) is 29.4 Å². The number of rotatable bonds is 6. The van der Waals surface area contributed by atoms with Gasteiger partial charge in [-0.05, 0) is 32.4 Å². The van der Waals surface area contributed by atoms with Gasteiger partial charge in [-0.2, -0.15) is 0 Å². The predicted molar refractivity (Wildman–Crippen MR) is 111 cm³/mol. The fourth-order valence-corrected chi connectivity index (χ4v) is 2.61. The first-order valence-corrected chi connectivity index (χ1v) is 8.44. The van der Waals surface area contributed by atoms with E-state index in [-0.39, 0.29) is 24.0 Å². The number of aromatic nitrogens is 1. The monoisotopic (exact) mass is 447 g/mol. The summed E-state index contributed by atoms with van der Waals surface area (Å²) in [5, 5.41) is 3.43. The first-order valence-electron chi connectivity index (χ1n) is 8.44. The molecule has 136 valence electrons. The van der Waals surface area contributed by atoms with Gasteiger partial charge in [0.15, 0.2) is 5.96 Å². The second-order valence-corrected chi connectivity index (χ2v) is 5.91. The molecular weight excluding hydrogens is 417 g/mol. The van der Waals surface area contributed by atoms with Crippen LogP contribution >= 0.6 is 24.0 Å². The molecule has 2 heterocycles. The highest BCUT2D eigenvalue weighted by Gasteiger charge is 2.20. The highest BCUT2D eigenvalue weighted by molar-refractivity contribution is 14.0. The normalized spacial score (nSPS) is 15.4. The van der Waals surface area contributed by atoms with E-state index >= 15 is 0 Å². The molecule has 0 radical (unpaired) electrons. The minimum absolute atomic E-state index is 0. The molecule has 1 aromatic heterocycles. The van der Waals surface area contributed by atoms with Crippen LogP contribution in [0.25, 0.3) is 0 Å².